The number of nitrogens with zero attached hydrogens (tertiary/aromatic N) is 2. The van der Waals surface area contributed by atoms with E-state index in [1.807, 2.05) is 13.0 Å². The molecule has 2 saturated heterocycles. The van der Waals surface area contributed by atoms with Gasteiger partial charge in [-0.1, -0.05) is 18.2 Å². The van der Waals surface area contributed by atoms with Gasteiger partial charge in [-0.15, -0.1) is 0 Å². The summed E-state index contributed by atoms with van der Waals surface area (Å²) in [6.45, 7) is 5.69. The first kappa shape index (κ1) is 23.1. The second-order valence-electron chi connectivity index (χ2n) is 9.47. The number of alkyl halides is 3. The average molecular weight is 451 g/mol. The highest BCUT2D eigenvalue weighted by atomic mass is 19.4. The predicted molar refractivity (Wildman–Crippen MR) is 120 cm³/mol. The van der Waals surface area contributed by atoms with Gasteiger partial charge in [0, 0.05) is 38.4 Å². The zero-order valence-electron chi connectivity index (χ0n) is 18.8. The Balaban J connectivity index is 1.46. The lowest BCUT2D eigenvalue weighted by atomic mass is 9.98. The Kier molecular flexibility index (Phi) is 6.81. The monoisotopic (exact) mass is 450 g/mol. The van der Waals surface area contributed by atoms with Crippen LogP contribution in [0.5, 0.6) is 0 Å². The summed E-state index contributed by atoms with van der Waals surface area (Å²) in [5, 5.41) is 5.67. The zero-order valence-corrected chi connectivity index (χ0v) is 18.8. The number of carbonyl (C=O) groups is 1. The maximum atomic E-state index is 13.0. The molecule has 1 aliphatic carbocycles. The molecule has 2 heterocycles. The molecular formula is C24H33F3N4O. The van der Waals surface area contributed by atoms with Gasteiger partial charge in [0.25, 0.3) is 0 Å². The molecule has 0 spiro atoms. The summed E-state index contributed by atoms with van der Waals surface area (Å²) in [6, 6.07) is 5.21. The van der Waals surface area contributed by atoms with Crippen molar-refractivity contribution >= 4 is 17.7 Å². The zero-order chi connectivity index (χ0) is 22.9. The van der Waals surface area contributed by atoms with E-state index in [2.05, 4.69) is 51.8 Å². The van der Waals surface area contributed by atoms with Gasteiger partial charge in [-0.05, 0) is 62.4 Å². The van der Waals surface area contributed by atoms with Crippen molar-refractivity contribution in [3.63, 3.8) is 0 Å². The Hall–Kier alpha value is -2.06. The van der Waals surface area contributed by atoms with Gasteiger partial charge in [0.05, 0.1) is 18.0 Å². The minimum Gasteiger partial charge on any atom is -0.369 e. The summed E-state index contributed by atoms with van der Waals surface area (Å²) < 4.78 is 38.9. The molecule has 1 amide bonds. The van der Waals surface area contributed by atoms with Crippen LogP contribution in [-0.4, -0.2) is 62.8 Å². The van der Waals surface area contributed by atoms with Crippen molar-refractivity contribution in [1.82, 2.24) is 15.5 Å². The Morgan fingerprint density at radius 3 is 2.56 bits per heavy atom. The van der Waals surface area contributed by atoms with E-state index in [9.17, 15) is 18.0 Å². The van der Waals surface area contributed by atoms with E-state index in [1.54, 1.807) is 0 Å². The molecule has 1 aromatic carbocycles. The molecule has 3 atom stereocenters. The Morgan fingerprint density at radius 1 is 1.22 bits per heavy atom. The molecule has 2 N–H and O–H groups in total. The normalized spacial score (nSPS) is 26.0. The van der Waals surface area contributed by atoms with Gasteiger partial charge in [0.2, 0.25) is 5.91 Å². The number of amides is 1. The fraction of sp³-hybridized carbons (Fsp3) is 0.625. The van der Waals surface area contributed by atoms with Crippen molar-refractivity contribution in [3.05, 3.63) is 35.4 Å². The van der Waals surface area contributed by atoms with Crippen molar-refractivity contribution < 1.29 is 18.0 Å². The van der Waals surface area contributed by atoms with E-state index in [4.69, 9.17) is 0 Å². The molecule has 5 nitrogen and oxygen atoms in total. The summed E-state index contributed by atoms with van der Waals surface area (Å²) in [6.07, 6.45) is 2.32. The van der Waals surface area contributed by atoms with Gasteiger partial charge in [-0.25, -0.2) is 0 Å². The molecule has 1 saturated carbocycles. The van der Waals surface area contributed by atoms with Crippen LogP contribution in [-0.2, 0) is 4.79 Å². The largest absolute Gasteiger partial charge is 0.393 e. The number of carbonyl (C=O) groups excluding carboxylic acids is 1. The Labute approximate surface area is 188 Å². The highest BCUT2D eigenvalue weighted by Gasteiger charge is 2.45. The van der Waals surface area contributed by atoms with Gasteiger partial charge in [-0.3, -0.25) is 4.79 Å². The fourth-order valence-corrected chi connectivity index (χ4v) is 4.47. The number of hydrogen-bond donors (Lipinski definition) is 2. The van der Waals surface area contributed by atoms with Crippen molar-refractivity contribution in [2.45, 2.75) is 44.4 Å². The van der Waals surface area contributed by atoms with Crippen LogP contribution in [0.2, 0.25) is 0 Å². The summed E-state index contributed by atoms with van der Waals surface area (Å²) in [5.74, 6) is -1.21. The van der Waals surface area contributed by atoms with Crippen LogP contribution >= 0.6 is 0 Å². The van der Waals surface area contributed by atoms with Crippen LogP contribution in [0.15, 0.2) is 24.3 Å². The van der Waals surface area contributed by atoms with Crippen LogP contribution < -0.4 is 15.5 Å². The minimum atomic E-state index is -4.27. The van der Waals surface area contributed by atoms with E-state index in [0.29, 0.717) is 5.92 Å². The number of nitrogens with one attached hydrogen (secondary N) is 2. The lowest BCUT2D eigenvalue weighted by Gasteiger charge is -2.34. The summed E-state index contributed by atoms with van der Waals surface area (Å²) >= 11 is 0. The molecule has 4 rings (SSSR count). The Morgan fingerprint density at radius 2 is 1.94 bits per heavy atom. The first-order chi connectivity index (χ1) is 15.2. The molecule has 8 heteroatoms. The molecule has 0 radical (unpaired) electrons. The molecule has 176 valence electrons. The van der Waals surface area contributed by atoms with Crippen LogP contribution in [0.1, 0.15) is 43.4 Å². The third-order valence-corrected chi connectivity index (χ3v) is 6.84. The van der Waals surface area contributed by atoms with Crippen molar-refractivity contribution in [2.24, 2.45) is 11.8 Å². The molecule has 1 aromatic rings. The first-order valence-electron chi connectivity index (χ1n) is 11.6. The van der Waals surface area contributed by atoms with Crippen LogP contribution in [0.4, 0.5) is 18.9 Å². The number of benzene rings is 1. The summed E-state index contributed by atoms with van der Waals surface area (Å²) in [7, 11) is 2.13. The van der Waals surface area contributed by atoms with Crippen LogP contribution in [0.25, 0.3) is 6.08 Å². The number of allylic oxidation sites excluding steroid dienone is 1. The maximum Gasteiger partial charge on any atom is 0.393 e. The third-order valence-electron chi connectivity index (χ3n) is 6.84. The van der Waals surface area contributed by atoms with E-state index in [0.717, 1.165) is 37.3 Å². The predicted octanol–water partition coefficient (Wildman–Crippen LogP) is 3.58. The van der Waals surface area contributed by atoms with E-state index in [1.165, 1.54) is 18.5 Å². The molecule has 3 aliphatic rings. The number of halogens is 3. The van der Waals surface area contributed by atoms with Gasteiger partial charge >= 0.3 is 6.18 Å². The van der Waals surface area contributed by atoms with Gasteiger partial charge in [0.15, 0.2) is 0 Å². The minimum absolute atomic E-state index is 0.203. The number of likely N-dealkylation sites (N-methyl/N-ethyl adjacent to an activating group) is 1. The average Bonchev–Trinajstić information content (AvgIpc) is 3.43. The topological polar surface area (TPSA) is 47.6 Å². The quantitative estimate of drug-likeness (QED) is 0.696. The lowest BCUT2D eigenvalue weighted by Crippen LogP contribution is -2.44. The standard InChI is InChI=1S/C24H33F3N4O/c1-16(29-23(32)22-14-19(15-28-22)24(25,26)27)21-8-7-20(31-11-9-30(2)10-12-31)13-18(21)6-5-17-3-4-17/h5-8,13,16-17,19,22,28H,3-4,9-12,14-15H2,1-2H3,(H,29,32)/b6-5+/t16-,19+,22-/m0/s1. The lowest BCUT2D eigenvalue weighted by molar-refractivity contribution is -0.169. The Bertz CT molecular complexity index is 844. The number of rotatable bonds is 6. The second-order valence-corrected chi connectivity index (χ2v) is 9.47. The molecule has 32 heavy (non-hydrogen) atoms. The molecule has 0 unspecified atom stereocenters. The van der Waals surface area contributed by atoms with Crippen molar-refractivity contribution in [3.8, 4) is 0 Å². The van der Waals surface area contributed by atoms with E-state index < -0.39 is 18.1 Å². The molecule has 2 aliphatic heterocycles. The van der Waals surface area contributed by atoms with Crippen LogP contribution in [0, 0.1) is 11.8 Å². The van der Waals surface area contributed by atoms with Crippen LogP contribution in [0.3, 0.4) is 0 Å². The molecule has 0 bridgehead atoms. The van der Waals surface area contributed by atoms with Gasteiger partial charge in [-0.2, -0.15) is 13.2 Å². The highest BCUT2D eigenvalue weighted by molar-refractivity contribution is 5.82. The van der Waals surface area contributed by atoms with Gasteiger partial charge in [0.1, 0.15) is 0 Å². The summed E-state index contributed by atoms with van der Waals surface area (Å²) in [4.78, 5) is 17.4. The summed E-state index contributed by atoms with van der Waals surface area (Å²) in [5.41, 5.74) is 3.22. The van der Waals surface area contributed by atoms with E-state index in [-0.39, 0.29) is 24.9 Å². The second kappa shape index (κ2) is 9.43. The van der Waals surface area contributed by atoms with Gasteiger partial charge < -0.3 is 20.4 Å². The number of hydrogen-bond acceptors (Lipinski definition) is 4. The molecule has 3 fully saturated rings. The fourth-order valence-electron chi connectivity index (χ4n) is 4.47. The SMILES string of the molecule is C[C@H](NC(=O)[C@@H]1C[C@@H](C(F)(F)F)CN1)c1ccc(N2CCN(C)CC2)cc1/C=C/C1CC1. The smallest absolute Gasteiger partial charge is 0.369 e. The number of anilines is 1. The molecular weight excluding hydrogens is 417 g/mol. The third kappa shape index (κ3) is 5.64. The van der Waals surface area contributed by atoms with Crippen molar-refractivity contribution in [2.75, 3.05) is 44.7 Å². The van der Waals surface area contributed by atoms with Crippen molar-refractivity contribution in [1.29, 1.82) is 0 Å². The first-order valence-corrected chi connectivity index (χ1v) is 11.6. The van der Waals surface area contributed by atoms with E-state index >= 15 is 0 Å². The molecule has 0 aromatic heterocycles. The maximum absolute atomic E-state index is 13.0. The highest BCUT2D eigenvalue weighted by Crippen LogP contribution is 2.34. The number of piperazine rings is 1.